The van der Waals surface area contributed by atoms with Crippen LogP contribution in [0.2, 0.25) is 0 Å². The molecule has 112 valence electrons. The summed E-state index contributed by atoms with van der Waals surface area (Å²) in [7, 11) is -2.02. The molecule has 1 heterocycles. The summed E-state index contributed by atoms with van der Waals surface area (Å²) in [4.78, 5) is 0.209. The van der Waals surface area contributed by atoms with Gasteiger partial charge in [-0.1, -0.05) is 0 Å². The first-order valence-corrected chi connectivity index (χ1v) is 8.97. The van der Waals surface area contributed by atoms with Crippen molar-refractivity contribution in [1.82, 2.24) is 4.31 Å². The number of methoxy groups -OCH3 is 1. The van der Waals surface area contributed by atoms with Crippen LogP contribution in [0, 0.1) is 0 Å². The van der Waals surface area contributed by atoms with Crippen molar-refractivity contribution in [3.8, 4) is 5.75 Å². The number of hydrogen-bond donors (Lipinski definition) is 1. The van der Waals surface area contributed by atoms with Gasteiger partial charge in [0.1, 0.15) is 5.75 Å². The van der Waals surface area contributed by atoms with E-state index in [2.05, 4.69) is 0 Å². The van der Waals surface area contributed by atoms with Crippen LogP contribution in [0.1, 0.15) is 12.5 Å². The number of thioether (sulfide) groups is 1. The predicted octanol–water partition coefficient (Wildman–Crippen LogP) is 1.31. The molecule has 1 fully saturated rings. The zero-order chi connectivity index (χ0) is 14.8. The molecule has 1 N–H and O–H groups in total. The number of rotatable bonds is 4. The van der Waals surface area contributed by atoms with E-state index in [0.717, 1.165) is 11.5 Å². The lowest BCUT2D eigenvalue weighted by Crippen LogP contribution is -2.44. The van der Waals surface area contributed by atoms with E-state index in [4.69, 9.17) is 4.74 Å². The Labute approximate surface area is 124 Å². The average molecular weight is 317 g/mol. The predicted molar refractivity (Wildman–Crippen MR) is 79.6 cm³/mol. The topological polar surface area (TPSA) is 66.8 Å². The second-order valence-electron chi connectivity index (χ2n) is 4.67. The highest BCUT2D eigenvalue weighted by Gasteiger charge is 2.31. The second kappa shape index (κ2) is 6.34. The van der Waals surface area contributed by atoms with E-state index in [0.29, 0.717) is 17.9 Å². The van der Waals surface area contributed by atoms with Crippen molar-refractivity contribution in [3.05, 3.63) is 23.8 Å². The fraction of sp³-hybridized carbons (Fsp3) is 0.538. The first kappa shape index (κ1) is 15.6. The number of hydrogen-bond acceptors (Lipinski definition) is 5. The number of ether oxygens (including phenoxy) is 1. The summed E-state index contributed by atoms with van der Waals surface area (Å²) in [6, 6.07) is 4.59. The molecule has 20 heavy (non-hydrogen) atoms. The third-order valence-corrected chi connectivity index (χ3v) is 6.53. The van der Waals surface area contributed by atoms with E-state index in [-0.39, 0.29) is 17.5 Å². The Morgan fingerprint density at radius 2 is 2.25 bits per heavy atom. The van der Waals surface area contributed by atoms with Crippen molar-refractivity contribution in [1.29, 1.82) is 0 Å². The average Bonchev–Trinajstić information content (AvgIpc) is 2.46. The van der Waals surface area contributed by atoms with Crippen LogP contribution in [0.3, 0.4) is 0 Å². The molecule has 5 nitrogen and oxygen atoms in total. The second-order valence-corrected chi connectivity index (χ2v) is 7.71. The molecule has 0 aliphatic carbocycles. The standard InChI is InChI=1S/C13H19NO4S2/c1-10-9-19-6-5-14(10)20(16,17)12-3-4-13(18-2)11(7-12)8-15/h3-4,7,10,15H,5-6,8-9H2,1-2H3. The van der Waals surface area contributed by atoms with Crippen molar-refractivity contribution >= 4 is 21.8 Å². The van der Waals surface area contributed by atoms with E-state index in [1.165, 1.54) is 23.5 Å². The van der Waals surface area contributed by atoms with Crippen LogP contribution in [0.4, 0.5) is 0 Å². The van der Waals surface area contributed by atoms with Gasteiger partial charge in [-0.05, 0) is 25.1 Å². The summed E-state index contributed by atoms with van der Waals surface area (Å²) in [6.45, 7) is 2.19. The lowest BCUT2D eigenvalue weighted by atomic mass is 10.2. The lowest BCUT2D eigenvalue weighted by Gasteiger charge is -2.32. The van der Waals surface area contributed by atoms with Crippen LogP contribution in [0.5, 0.6) is 5.75 Å². The molecule has 0 amide bonds. The number of nitrogens with zero attached hydrogens (tertiary/aromatic N) is 1. The van der Waals surface area contributed by atoms with Crippen LogP contribution < -0.4 is 4.74 Å². The van der Waals surface area contributed by atoms with Crippen molar-refractivity contribution in [2.75, 3.05) is 25.2 Å². The van der Waals surface area contributed by atoms with Gasteiger partial charge in [-0.25, -0.2) is 8.42 Å². The number of aliphatic hydroxyl groups excluding tert-OH is 1. The smallest absolute Gasteiger partial charge is 0.243 e. The molecule has 0 saturated carbocycles. The molecule has 1 unspecified atom stereocenters. The van der Waals surface area contributed by atoms with Gasteiger partial charge in [0.2, 0.25) is 10.0 Å². The minimum Gasteiger partial charge on any atom is -0.496 e. The maximum atomic E-state index is 12.7. The quantitative estimate of drug-likeness (QED) is 0.907. The van der Waals surface area contributed by atoms with E-state index < -0.39 is 10.0 Å². The third kappa shape index (κ3) is 2.95. The van der Waals surface area contributed by atoms with Gasteiger partial charge in [-0.2, -0.15) is 16.1 Å². The van der Waals surface area contributed by atoms with Gasteiger partial charge in [0, 0.05) is 29.7 Å². The van der Waals surface area contributed by atoms with E-state index in [9.17, 15) is 13.5 Å². The fourth-order valence-corrected chi connectivity index (χ4v) is 5.15. The number of benzene rings is 1. The van der Waals surface area contributed by atoms with Gasteiger partial charge in [0.05, 0.1) is 18.6 Å². The van der Waals surface area contributed by atoms with E-state index in [1.54, 1.807) is 17.8 Å². The molecule has 1 aliphatic heterocycles. The molecular weight excluding hydrogens is 298 g/mol. The Morgan fingerprint density at radius 1 is 1.50 bits per heavy atom. The maximum absolute atomic E-state index is 12.7. The van der Waals surface area contributed by atoms with Crippen molar-refractivity contribution in [2.45, 2.75) is 24.5 Å². The minimum atomic E-state index is -3.52. The highest BCUT2D eigenvalue weighted by atomic mass is 32.2. The molecule has 1 aromatic rings. The Morgan fingerprint density at radius 3 is 2.85 bits per heavy atom. The minimum absolute atomic E-state index is 0.0153. The van der Waals surface area contributed by atoms with Crippen molar-refractivity contribution < 1.29 is 18.3 Å². The highest BCUT2D eigenvalue weighted by molar-refractivity contribution is 7.99. The number of aliphatic hydroxyl groups is 1. The molecule has 0 bridgehead atoms. The molecule has 2 rings (SSSR count). The zero-order valence-electron chi connectivity index (χ0n) is 11.6. The largest absolute Gasteiger partial charge is 0.496 e. The molecule has 1 atom stereocenters. The summed E-state index contributed by atoms with van der Waals surface area (Å²) in [6.07, 6.45) is 0. The van der Waals surface area contributed by atoms with Gasteiger partial charge in [0.25, 0.3) is 0 Å². The van der Waals surface area contributed by atoms with Crippen LogP contribution in [0.25, 0.3) is 0 Å². The zero-order valence-corrected chi connectivity index (χ0v) is 13.2. The van der Waals surface area contributed by atoms with Crippen molar-refractivity contribution in [3.63, 3.8) is 0 Å². The van der Waals surface area contributed by atoms with Crippen LogP contribution >= 0.6 is 11.8 Å². The molecule has 0 spiro atoms. The molecular formula is C13H19NO4S2. The summed E-state index contributed by atoms with van der Waals surface area (Å²) in [5, 5.41) is 9.31. The summed E-state index contributed by atoms with van der Waals surface area (Å²) in [5.74, 6) is 2.11. The van der Waals surface area contributed by atoms with Gasteiger partial charge in [-0.3, -0.25) is 0 Å². The summed E-state index contributed by atoms with van der Waals surface area (Å²) < 4.78 is 32.0. The van der Waals surface area contributed by atoms with Gasteiger partial charge in [0.15, 0.2) is 0 Å². The van der Waals surface area contributed by atoms with Gasteiger partial charge < -0.3 is 9.84 Å². The Hall–Kier alpha value is -0.760. The molecule has 0 radical (unpaired) electrons. The number of sulfonamides is 1. The molecule has 1 saturated heterocycles. The first-order valence-electron chi connectivity index (χ1n) is 6.38. The third-order valence-electron chi connectivity index (χ3n) is 3.34. The normalized spacial score (nSPS) is 20.9. The van der Waals surface area contributed by atoms with Crippen LogP contribution in [-0.4, -0.2) is 49.0 Å². The lowest BCUT2D eigenvalue weighted by molar-refractivity contribution is 0.273. The first-order chi connectivity index (χ1) is 9.50. The Bertz CT molecular complexity index is 574. The summed E-state index contributed by atoms with van der Waals surface area (Å²) >= 11 is 1.77. The van der Waals surface area contributed by atoms with Gasteiger partial charge >= 0.3 is 0 Å². The van der Waals surface area contributed by atoms with Gasteiger partial charge in [-0.15, -0.1) is 0 Å². The Balaban J connectivity index is 2.38. The summed E-state index contributed by atoms with van der Waals surface area (Å²) in [5.41, 5.74) is 0.479. The van der Waals surface area contributed by atoms with Crippen molar-refractivity contribution in [2.24, 2.45) is 0 Å². The van der Waals surface area contributed by atoms with Crippen LogP contribution in [-0.2, 0) is 16.6 Å². The molecule has 1 aromatic carbocycles. The maximum Gasteiger partial charge on any atom is 0.243 e. The SMILES string of the molecule is COc1ccc(S(=O)(=O)N2CCSCC2C)cc1CO. The molecule has 1 aliphatic rings. The van der Waals surface area contributed by atoms with Crippen LogP contribution in [0.15, 0.2) is 23.1 Å². The monoisotopic (exact) mass is 317 g/mol. The molecule has 0 aromatic heterocycles. The van der Waals surface area contributed by atoms with E-state index >= 15 is 0 Å². The Kier molecular flexibility index (Phi) is 4.95. The highest BCUT2D eigenvalue weighted by Crippen LogP contribution is 2.28. The van der Waals surface area contributed by atoms with E-state index in [1.807, 2.05) is 6.92 Å². The molecule has 7 heteroatoms. The fourth-order valence-electron chi connectivity index (χ4n) is 2.24.